The number of benzene rings is 1. The lowest BCUT2D eigenvalue weighted by atomic mass is 9.99. The highest BCUT2D eigenvalue weighted by Gasteiger charge is 2.26. The molecule has 1 aromatic rings. The lowest BCUT2D eigenvalue weighted by molar-refractivity contribution is -0.110. The van der Waals surface area contributed by atoms with E-state index in [2.05, 4.69) is 17.1 Å². The molecule has 4 heteroatoms. The van der Waals surface area contributed by atoms with Crippen molar-refractivity contribution in [3.8, 4) is 0 Å². The minimum atomic E-state index is -0.312. The second-order valence-corrected chi connectivity index (χ2v) is 5.41. The van der Waals surface area contributed by atoms with Gasteiger partial charge in [-0.1, -0.05) is 6.92 Å². The van der Waals surface area contributed by atoms with Crippen molar-refractivity contribution in [3.05, 3.63) is 35.8 Å². The molecule has 3 rings (SSSR count). The number of nitrogens with zero attached hydrogens (tertiary/aromatic N) is 1. The first-order chi connectivity index (χ1) is 9.13. The molecule has 100 valence electrons. The van der Waals surface area contributed by atoms with Crippen molar-refractivity contribution in [3.63, 3.8) is 0 Å². The van der Waals surface area contributed by atoms with E-state index in [0.29, 0.717) is 16.8 Å². The Hall–Kier alpha value is -1.84. The molecule has 2 heterocycles. The number of hydrogen-bond donors (Lipinski definition) is 1. The first-order valence-electron chi connectivity index (χ1n) is 6.70. The normalized spacial score (nSPS) is 21.7. The SMILES string of the molecule is CC1CCN(/C=C2/C(=O)Nc3ccc(F)cc32)CC1. The van der Waals surface area contributed by atoms with Crippen LogP contribution in [0.2, 0.25) is 0 Å². The van der Waals surface area contributed by atoms with Crippen LogP contribution >= 0.6 is 0 Å². The fourth-order valence-electron chi connectivity index (χ4n) is 2.63. The summed E-state index contributed by atoms with van der Waals surface area (Å²) in [4.78, 5) is 14.1. The molecule has 3 nitrogen and oxygen atoms in total. The molecule has 19 heavy (non-hydrogen) atoms. The average Bonchev–Trinajstić information content (AvgIpc) is 2.69. The van der Waals surface area contributed by atoms with Gasteiger partial charge in [-0.05, 0) is 37.0 Å². The van der Waals surface area contributed by atoms with Gasteiger partial charge in [0.2, 0.25) is 0 Å². The Kier molecular flexibility index (Phi) is 3.01. The number of carbonyl (C=O) groups is 1. The summed E-state index contributed by atoms with van der Waals surface area (Å²) in [5.41, 5.74) is 1.94. The van der Waals surface area contributed by atoms with Crippen LogP contribution in [0.4, 0.5) is 10.1 Å². The molecule has 0 unspecified atom stereocenters. The van der Waals surface area contributed by atoms with Crippen LogP contribution in [0.25, 0.3) is 5.57 Å². The molecule has 2 aliphatic rings. The fourth-order valence-corrected chi connectivity index (χ4v) is 2.63. The number of carbonyl (C=O) groups excluding carboxylic acids is 1. The van der Waals surface area contributed by atoms with Crippen LogP contribution in [0.5, 0.6) is 0 Å². The van der Waals surface area contributed by atoms with Gasteiger partial charge >= 0.3 is 0 Å². The van der Waals surface area contributed by atoms with Crippen LogP contribution in [-0.2, 0) is 4.79 Å². The summed E-state index contributed by atoms with van der Waals surface area (Å²) in [7, 11) is 0. The van der Waals surface area contributed by atoms with Crippen LogP contribution < -0.4 is 5.32 Å². The average molecular weight is 260 g/mol. The van der Waals surface area contributed by atoms with E-state index in [9.17, 15) is 9.18 Å². The number of fused-ring (bicyclic) bond motifs is 1. The van der Waals surface area contributed by atoms with Gasteiger partial charge in [-0.15, -0.1) is 0 Å². The first kappa shape index (κ1) is 12.2. The Balaban J connectivity index is 1.89. The number of rotatable bonds is 1. The summed E-state index contributed by atoms with van der Waals surface area (Å²) >= 11 is 0. The third-order valence-electron chi connectivity index (χ3n) is 3.89. The van der Waals surface area contributed by atoms with Gasteiger partial charge in [-0.25, -0.2) is 4.39 Å². The second-order valence-electron chi connectivity index (χ2n) is 5.41. The van der Waals surface area contributed by atoms with Gasteiger partial charge in [-0.2, -0.15) is 0 Å². The molecule has 0 bridgehead atoms. The summed E-state index contributed by atoms with van der Waals surface area (Å²) in [6, 6.07) is 4.40. The van der Waals surface area contributed by atoms with E-state index in [1.54, 1.807) is 6.07 Å². The van der Waals surface area contributed by atoms with Gasteiger partial charge in [0.15, 0.2) is 0 Å². The van der Waals surface area contributed by atoms with Gasteiger partial charge in [0, 0.05) is 30.5 Å². The number of nitrogens with one attached hydrogen (secondary N) is 1. The van der Waals surface area contributed by atoms with Crippen molar-refractivity contribution >= 4 is 17.2 Å². The molecule has 0 aliphatic carbocycles. The van der Waals surface area contributed by atoms with Crippen LogP contribution in [0, 0.1) is 11.7 Å². The maximum atomic E-state index is 13.3. The number of halogens is 1. The fraction of sp³-hybridized carbons (Fsp3) is 0.400. The Morgan fingerprint density at radius 1 is 1.37 bits per heavy atom. The molecule has 0 spiro atoms. The maximum absolute atomic E-state index is 13.3. The molecule has 0 atom stereocenters. The van der Waals surface area contributed by atoms with Crippen molar-refractivity contribution in [2.24, 2.45) is 5.92 Å². The predicted molar refractivity (Wildman–Crippen MR) is 73.0 cm³/mol. The second kappa shape index (κ2) is 4.68. The van der Waals surface area contributed by atoms with Gasteiger partial charge in [0.25, 0.3) is 5.91 Å². The van der Waals surface area contributed by atoms with E-state index in [0.717, 1.165) is 31.8 Å². The van der Waals surface area contributed by atoms with Gasteiger partial charge in [0.1, 0.15) is 5.82 Å². The lowest BCUT2D eigenvalue weighted by Gasteiger charge is -2.29. The Labute approximate surface area is 112 Å². The predicted octanol–water partition coefficient (Wildman–Crippen LogP) is 2.85. The number of anilines is 1. The van der Waals surface area contributed by atoms with E-state index in [4.69, 9.17) is 0 Å². The molecular formula is C15H17FN2O. The van der Waals surface area contributed by atoms with Crippen molar-refractivity contribution in [2.75, 3.05) is 18.4 Å². The highest BCUT2D eigenvalue weighted by Crippen LogP contribution is 2.33. The molecule has 1 aromatic carbocycles. The van der Waals surface area contributed by atoms with Crippen LogP contribution in [-0.4, -0.2) is 23.9 Å². The third-order valence-corrected chi connectivity index (χ3v) is 3.89. The molecular weight excluding hydrogens is 243 g/mol. The molecule has 0 radical (unpaired) electrons. The van der Waals surface area contributed by atoms with Crippen LogP contribution in [0.3, 0.4) is 0 Å². The quantitative estimate of drug-likeness (QED) is 0.787. The largest absolute Gasteiger partial charge is 0.377 e. The smallest absolute Gasteiger partial charge is 0.257 e. The van der Waals surface area contributed by atoms with Gasteiger partial charge in [0.05, 0.1) is 5.57 Å². The summed E-state index contributed by atoms with van der Waals surface area (Å²) in [6.45, 7) is 4.17. The topological polar surface area (TPSA) is 32.3 Å². The molecule has 1 saturated heterocycles. The monoisotopic (exact) mass is 260 g/mol. The molecule has 1 N–H and O–H groups in total. The zero-order valence-corrected chi connectivity index (χ0v) is 10.9. The highest BCUT2D eigenvalue weighted by atomic mass is 19.1. The van der Waals surface area contributed by atoms with Gasteiger partial charge in [-0.3, -0.25) is 4.79 Å². The van der Waals surface area contributed by atoms with Crippen molar-refractivity contribution in [1.82, 2.24) is 4.90 Å². The van der Waals surface area contributed by atoms with E-state index >= 15 is 0 Å². The summed E-state index contributed by atoms with van der Waals surface area (Å²) < 4.78 is 13.3. The van der Waals surface area contributed by atoms with E-state index < -0.39 is 0 Å². The number of hydrogen-bond acceptors (Lipinski definition) is 2. The van der Waals surface area contributed by atoms with E-state index in [1.165, 1.54) is 12.1 Å². The number of piperidine rings is 1. The number of likely N-dealkylation sites (tertiary alicyclic amines) is 1. The Morgan fingerprint density at radius 2 is 2.11 bits per heavy atom. The third kappa shape index (κ3) is 2.35. The molecule has 2 aliphatic heterocycles. The standard InChI is InChI=1S/C15H17FN2O/c1-10-4-6-18(7-5-10)9-13-12-8-11(16)2-3-14(12)17-15(13)19/h2-3,8-10H,4-7H2,1H3,(H,17,19)/b13-9+. The van der Waals surface area contributed by atoms with Crippen LogP contribution in [0.1, 0.15) is 25.3 Å². The van der Waals surface area contributed by atoms with Gasteiger partial charge < -0.3 is 10.2 Å². The zero-order valence-electron chi connectivity index (χ0n) is 10.9. The number of amides is 1. The Bertz CT molecular complexity index is 545. The van der Waals surface area contributed by atoms with Crippen LogP contribution in [0.15, 0.2) is 24.4 Å². The first-order valence-corrected chi connectivity index (χ1v) is 6.70. The summed E-state index contributed by atoms with van der Waals surface area (Å²) in [6.07, 6.45) is 4.16. The zero-order chi connectivity index (χ0) is 13.4. The minimum absolute atomic E-state index is 0.140. The Morgan fingerprint density at radius 3 is 2.84 bits per heavy atom. The molecule has 1 amide bonds. The van der Waals surface area contributed by atoms with Crippen molar-refractivity contribution in [1.29, 1.82) is 0 Å². The molecule has 0 saturated carbocycles. The maximum Gasteiger partial charge on any atom is 0.257 e. The van der Waals surface area contributed by atoms with E-state index in [-0.39, 0.29) is 11.7 Å². The van der Waals surface area contributed by atoms with Crippen molar-refractivity contribution in [2.45, 2.75) is 19.8 Å². The highest BCUT2D eigenvalue weighted by molar-refractivity contribution is 6.31. The summed E-state index contributed by atoms with van der Waals surface area (Å²) in [5, 5.41) is 2.77. The minimum Gasteiger partial charge on any atom is -0.377 e. The van der Waals surface area contributed by atoms with E-state index in [1.807, 2.05) is 6.20 Å². The molecule has 0 aromatic heterocycles. The molecule has 1 fully saturated rings. The van der Waals surface area contributed by atoms with Crippen molar-refractivity contribution < 1.29 is 9.18 Å². The lowest BCUT2D eigenvalue weighted by Crippen LogP contribution is -2.29. The summed E-state index contributed by atoms with van der Waals surface area (Å²) in [5.74, 6) is 0.296.